The number of hydrogen-bond acceptors (Lipinski definition) is 6. The SMILES string of the molecule is CC(C)c1cc(-c2ccccc2)nnc1N1CCN(c2ncccn2)CC1. The minimum Gasteiger partial charge on any atom is -0.351 e. The molecule has 1 aliphatic rings. The molecular formula is C21H24N6. The molecule has 27 heavy (non-hydrogen) atoms. The van der Waals surface area contributed by atoms with E-state index >= 15 is 0 Å². The van der Waals surface area contributed by atoms with Gasteiger partial charge >= 0.3 is 0 Å². The van der Waals surface area contributed by atoms with Crippen molar-refractivity contribution in [3.8, 4) is 11.3 Å². The van der Waals surface area contributed by atoms with Crippen LogP contribution in [0.2, 0.25) is 0 Å². The van der Waals surface area contributed by atoms with Crippen molar-refractivity contribution >= 4 is 11.8 Å². The van der Waals surface area contributed by atoms with Crippen LogP contribution in [0, 0.1) is 0 Å². The quantitative estimate of drug-likeness (QED) is 0.711. The Morgan fingerprint density at radius 1 is 0.815 bits per heavy atom. The highest BCUT2D eigenvalue weighted by Gasteiger charge is 2.23. The van der Waals surface area contributed by atoms with Gasteiger partial charge in [0.05, 0.1) is 5.69 Å². The molecule has 3 aromatic rings. The van der Waals surface area contributed by atoms with Crippen LogP contribution in [-0.2, 0) is 0 Å². The second-order valence-electron chi connectivity index (χ2n) is 7.05. The third kappa shape index (κ3) is 3.74. The second-order valence-corrected chi connectivity index (χ2v) is 7.05. The molecule has 3 heterocycles. The lowest BCUT2D eigenvalue weighted by atomic mass is 10.0. The first kappa shape index (κ1) is 17.4. The Balaban J connectivity index is 1.55. The molecule has 6 heteroatoms. The van der Waals surface area contributed by atoms with Gasteiger partial charge in [-0.2, -0.15) is 0 Å². The minimum absolute atomic E-state index is 0.383. The smallest absolute Gasteiger partial charge is 0.225 e. The van der Waals surface area contributed by atoms with E-state index in [0.29, 0.717) is 5.92 Å². The fourth-order valence-electron chi connectivity index (χ4n) is 3.39. The van der Waals surface area contributed by atoms with Crippen molar-refractivity contribution in [1.29, 1.82) is 0 Å². The summed E-state index contributed by atoms with van der Waals surface area (Å²) < 4.78 is 0. The Kier molecular flexibility index (Phi) is 4.96. The normalized spacial score (nSPS) is 14.6. The Bertz CT molecular complexity index is 874. The number of nitrogens with zero attached hydrogens (tertiary/aromatic N) is 6. The van der Waals surface area contributed by atoms with E-state index in [1.165, 1.54) is 5.56 Å². The van der Waals surface area contributed by atoms with E-state index in [9.17, 15) is 0 Å². The zero-order valence-corrected chi connectivity index (χ0v) is 15.8. The molecule has 4 rings (SSSR count). The van der Waals surface area contributed by atoms with E-state index in [1.807, 2.05) is 24.3 Å². The van der Waals surface area contributed by atoms with Crippen LogP contribution < -0.4 is 9.80 Å². The first-order valence-electron chi connectivity index (χ1n) is 9.42. The Morgan fingerprint density at radius 3 is 2.15 bits per heavy atom. The van der Waals surface area contributed by atoms with Gasteiger partial charge in [0.2, 0.25) is 5.95 Å². The van der Waals surface area contributed by atoms with E-state index in [4.69, 9.17) is 0 Å². The van der Waals surface area contributed by atoms with E-state index in [0.717, 1.165) is 49.2 Å². The standard InChI is InChI=1S/C21H24N6/c1-16(2)18-15-19(17-7-4-3-5-8-17)24-25-20(18)26-11-13-27(14-12-26)21-22-9-6-10-23-21/h3-10,15-16H,11-14H2,1-2H3. The van der Waals surface area contributed by atoms with Gasteiger partial charge in [-0.25, -0.2) is 9.97 Å². The number of rotatable bonds is 4. The van der Waals surface area contributed by atoms with Crippen LogP contribution >= 0.6 is 0 Å². The lowest BCUT2D eigenvalue weighted by Crippen LogP contribution is -2.47. The molecule has 0 N–H and O–H groups in total. The zero-order valence-electron chi connectivity index (χ0n) is 15.8. The summed E-state index contributed by atoms with van der Waals surface area (Å²) in [7, 11) is 0. The summed E-state index contributed by atoms with van der Waals surface area (Å²) in [6.07, 6.45) is 3.58. The number of hydrogen-bond donors (Lipinski definition) is 0. The topological polar surface area (TPSA) is 58.0 Å². The number of aromatic nitrogens is 4. The fraction of sp³-hybridized carbons (Fsp3) is 0.333. The van der Waals surface area contributed by atoms with Crippen LogP contribution in [0.15, 0.2) is 54.9 Å². The largest absolute Gasteiger partial charge is 0.351 e. The third-order valence-electron chi connectivity index (χ3n) is 4.91. The molecule has 0 atom stereocenters. The molecule has 1 aliphatic heterocycles. The van der Waals surface area contributed by atoms with Gasteiger partial charge < -0.3 is 9.80 Å². The van der Waals surface area contributed by atoms with E-state index in [1.54, 1.807) is 12.4 Å². The highest BCUT2D eigenvalue weighted by molar-refractivity contribution is 5.62. The van der Waals surface area contributed by atoms with Gasteiger partial charge in [0.15, 0.2) is 5.82 Å². The van der Waals surface area contributed by atoms with Gasteiger partial charge in [-0.15, -0.1) is 10.2 Å². The Hall–Kier alpha value is -3.02. The first-order valence-corrected chi connectivity index (χ1v) is 9.42. The van der Waals surface area contributed by atoms with Crippen LogP contribution in [0.5, 0.6) is 0 Å². The number of benzene rings is 1. The predicted molar refractivity (Wildman–Crippen MR) is 108 cm³/mol. The molecule has 0 amide bonds. The van der Waals surface area contributed by atoms with Crippen molar-refractivity contribution in [2.24, 2.45) is 0 Å². The third-order valence-corrected chi connectivity index (χ3v) is 4.91. The average Bonchev–Trinajstić information content (AvgIpc) is 2.75. The van der Waals surface area contributed by atoms with Gasteiger partial charge in [0, 0.05) is 49.7 Å². The molecule has 1 saturated heterocycles. The van der Waals surface area contributed by atoms with Gasteiger partial charge in [0.25, 0.3) is 0 Å². The maximum absolute atomic E-state index is 4.62. The van der Waals surface area contributed by atoms with Crippen molar-refractivity contribution in [3.63, 3.8) is 0 Å². The van der Waals surface area contributed by atoms with Crippen molar-refractivity contribution in [1.82, 2.24) is 20.2 Å². The van der Waals surface area contributed by atoms with Gasteiger partial charge in [0.1, 0.15) is 0 Å². The predicted octanol–water partition coefficient (Wildman–Crippen LogP) is 3.38. The molecule has 0 bridgehead atoms. The average molecular weight is 360 g/mol. The minimum atomic E-state index is 0.383. The van der Waals surface area contributed by atoms with E-state index in [-0.39, 0.29) is 0 Å². The van der Waals surface area contributed by atoms with E-state index < -0.39 is 0 Å². The molecule has 2 aromatic heterocycles. The van der Waals surface area contributed by atoms with Crippen molar-refractivity contribution < 1.29 is 0 Å². The summed E-state index contributed by atoms with van der Waals surface area (Å²) in [6.45, 7) is 7.95. The molecule has 138 valence electrons. The maximum Gasteiger partial charge on any atom is 0.225 e. The molecule has 0 unspecified atom stereocenters. The van der Waals surface area contributed by atoms with Crippen molar-refractivity contribution in [3.05, 3.63) is 60.4 Å². The lowest BCUT2D eigenvalue weighted by molar-refractivity contribution is 0.626. The molecule has 0 aliphatic carbocycles. The van der Waals surface area contributed by atoms with Crippen LogP contribution in [-0.4, -0.2) is 46.3 Å². The molecule has 1 aromatic carbocycles. The highest BCUT2D eigenvalue weighted by Crippen LogP contribution is 2.29. The molecule has 0 radical (unpaired) electrons. The highest BCUT2D eigenvalue weighted by atomic mass is 15.3. The van der Waals surface area contributed by atoms with Crippen LogP contribution in [0.25, 0.3) is 11.3 Å². The van der Waals surface area contributed by atoms with E-state index in [2.05, 4.69) is 62.0 Å². The summed E-state index contributed by atoms with van der Waals surface area (Å²) in [6, 6.07) is 14.3. The molecule has 6 nitrogen and oxygen atoms in total. The lowest BCUT2D eigenvalue weighted by Gasteiger charge is -2.36. The molecular weight excluding hydrogens is 336 g/mol. The summed E-state index contributed by atoms with van der Waals surface area (Å²) >= 11 is 0. The fourth-order valence-corrected chi connectivity index (χ4v) is 3.39. The van der Waals surface area contributed by atoms with Gasteiger partial charge in [-0.3, -0.25) is 0 Å². The Labute approximate surface area is 159 Å². The number of anilines is 2. The van der Waals surface area contributed by atoms with Gasteiger partial charge in [-0.1, -0.05) is 44.2 Å². The molecule has 1 fully saturated rings. The van der Waals surface area contributed by atoms with Crippen LogP contribution in [0.4, 0.5) is 11.8 Å². The van der Waals surface area contributed by atoms with Crippen molar-refractivity contribution in [2.45, 2.75) is 19.8 Å². The van der Waals surface area contributed by atoms with Gasteiger partial charge in [-0.05, 0) is 18.1 Å². The monoisotopic (exact) mass is 360 g/mol. The number of piperazine rings is 1. The zero-order chi connectivity index (χ0) is 18.6. The van der Waals surface area contributed by atoms with Crippen LogP contribution in [0.3, 0.4) is 0 Å². The Morgan fingerprint density at radius 2 is 1.48 bits per heavy atom. The summed E-state index contributed by atoms with van der Waals surface area (Å²) in [5.41, 5.74) is 3.28. The van der Waals surface area contributed by atoms with Crippen molar-refractivity contribution in [2.75, 3.05) is 36.0 Å². The molecule has 0 saturated carbocycles. The molecule has 0 spiro atoms. The first-order chi connectivity index (χ1) is 13.2. The summed E-state index contributed by atoms with van der Waals surface area (Å²) in [4.78, 5) is 13.3. The maximum atomic E-state index is 4.62. The second kappa shape index (κ2) is 7.70. The summed E-state index contributed by atoms with van der Waals surface area (Å²) in [5.74, 6) is 2.18. The summed E-state index contributed by atoms with van der Waals surface area (Å²) in [5, 5.41) is 9.14. The van der Waals surface area contributed by atoms with Crippen LogP contribution in [0.1, 0.15) is 25.3 Å².